The number of carbonyl (C=O) groups excluding carboxylic acids is 2. The van der Waals surface area contributed by atoms with E-state index >= 15 is 0 Å². The van der Waals surface area contributed by atoms with Gasteiger partial charge >= 0.3 is 6.09 Å². The van der Waals surface area contributed by atoms with Crippen molar-refractivity contribution in [2.75, 3.05) is 6.54 Å². The van der Waals surface area contributed by atoms with Gasteiger partial charge < -0.3 is 19.1 Å². The summed E-state index contributed by atoms with van der Waals surface area (Å²) in [6, 6.07) is -0.0369. The van der Waals surface area contributed by atoms with Crippen LogP contribution in [0.15, 0.2) is 4.52 Å². The maximum atomic E-state index is 12.4. The van der Waals surface area contributed by atoms with Crippen LogP contribution in [-0.2, 0) is 16.1 Å². The second-order valence-corrected chi connectivity index (χ2v) is 6.58. The van der Waals surface area contributed by atoms with Crippen molar-refractivity contribution < 1.29 is 18.8 Å². The summed E-state index contributed by atoms with van der Waals surface area (Å²) in [5.41, 5.74) is 1.77. The molecule has 1 aromatic rings. The van der Waals surface area contributed by atoms with Crippen molar-refractivity contribution in [3.05, 3.63) is 17.0 Å². The molecule has 0 bridgehead atoms. The van der Waals surface area contributed by atoms with E-state index in [1.165, 1.54) is 0 Å². The summed E-state index contributed by atoms with van der Waals surface area (Å²) in [5, 5.41) is 3.95. The van der Waals surface area contributed by atoms with E-state index < -0.39 is 0 Å². The Bertz CT molecular complexity index is 605. The first-order valence-corrected chi connectivity index (χ1v) is 8.07. The van der Waals surface area contributed by atoms with E-state index in [0.717, 1.165) is 23.4 Å². The number of amides is 2. The van der Waals surface area contributed by atoms with Crippen molar-refractivity contribution in [1.29, 1.82) is 0 Å². The minimum atomic E-state index is -0.320. The highest BCUT2D eigenvalue weighted by atomic mass is 16.6. The number of aryl methyl sites for hydroxylation is 2. The standard InChI is InChI=1S/C16H23N3O4/c1-9(2)22-16(21)18-6-5-13-14(18)7-15(20)19(13)8-12-10(3)17-23-11(12)4/h9,13-14H,5-8H2,1-4H3/t13-,14-/m0/s1. The summed E-state index contributed by atoms with van der Waals surface area (Å²) in [4.78, 5) is 28.2. The molecule has 2 aliphatic heterocycles. The zero-order valence-electron chi connectivity index (χ0n) is 14.0. The van der Waals surface area contributed by atoms with Gasteiger partial charge in [-0.1, -0.05) is 5.16 Å². The monoisotopic (exact) mass is 321 g/mol. The van der Waals surface area contributed by atoms with Crippen LogP contribution in [0.4, 0.5) is 4.79 Å². The summed E-state index contributed by atoms with van der Waals surface area (Å²) in [7, 11) is 0. The van der Waals surface area contributed by atoms with Crippen LogP contribution in [0.5, 0.6) is 0 Å². The topological polar surface area (TPSA) is 75.9 Å². The molecule has 2 aliphatic rings. The third-order valence-corrected chi connectivity index (χ3v) is 4.70. The van der Waals surface area contributed by atoms with Crippen LogP contribution in [0.1, 0.15) is 43.7 Å². The molecule has 2 saturated heterocycles. The number of likely N-dealkylation sites (tertiary alicyclic amines) is 2. The molecule has 0 spiro atoms. The van der Waals surface area contributed by atoms with E-state index in [0.29, 0.717) is 19.5 Å². The van der Waals surface area contributed by atoms with Crippen LogP contribution in [-0.4, -0.2) is 51.7 Å². The normalized spacial score (nSPS) is 23.8. The molecule has 3 heterocycles. The zero-order valence-corrected chi connectivity index (χ0v) is 14.0. The molecular weight excluding hydrogens is 298 g/mol. The number of aromatic nitrogens is 1. The molecule has 1 aromatic heterocycles. The van der Waals surface area contributed by atoms with Crippen molar-refractivity contribution in [2.45, 2.75) is 65.3 Å². The minimum Gasteiger partial charge on any atom is -0.447 e. The Kier molecular flexibility index (Phi) is 4.04. The zero-order chi connectivity index (χ0) is 16.7. The quantitative estimate of drug-likeness (QED) is 0.851. The van der Waals surface area contributed by atoms with Gasteiger partial charge in [0.25, 0.3) is 0 Å². The SMILES string of the molecule is Cc1noc(C)c1CN1C(=O)C[C@H]2[C@@H]1CCN2C(=O)OC(C)C. The Morgan fingerprint density at radius 1 is 1.39 bits per heavy atom. The van der Waals surface area contributed by atoms with Crippen LogP contribution in [0.3, 0.4) is 0 Å². The summed E-state index contributed by atoms with van der Waals surface area (Å²) in [6.45, 7) is 8.52. The van der Waals surface area contributed by atoms with Gasteiger partial charge in [0.2, 0.25) is 5.91 Å². The Labute approximate surface area is 135 Å². The van der Waals surface area contributed by atoms with E-state index in [4.69, 9.17) is 9.26 Å². The number of nitrogens with zero attached hydrogens (tertiary/aromatic N) is 3. The number of rotatable bonds is 3. The van der Waals surface area contributed by atoms with E-state index in [1.54, 1.807) is 4.90 Å². The van der Waals surface area contributed by atoms with Crippen LogP contribution in [0.25, 0.3) is 0 Å². The highest BCUT2D eigenvalue weighted by molar-refractivity contribution is 5.82. The van der Waals surface area contributed by atoms with E-state index in [2.05, 4.69) is 5.16 Å². The first kappa shape index (κ1) is 15.8. The van der Waals surface area contributed by atoms with Gasteiger partial charge in [-0.2, -0.15) is 0 Å². The lowest BCUT2D eigenvalue weighted by molar-refractivity contribution is -0.129. The second-order valence-electron chi connectivity index (χ2n) is 6.58. The average Bonchev–Trinajstić information content (AvgIpc) is 3.09. The number of ether oxygens (including phenoxy) is 1. The average molecular weight is 321 g/mol. The lowest BCUT2D eigenvalue weighted by Gasteiger charge is -2.25. The molecule has 126 valence electrons. The van der Waals surface area contributed by atoms with Gasteiger partial charge in [0.1, 0.15) is 5.76 Å². The molecule has 0 saturated carbocycles. The van der Waals surface area contributed by atoms with Gasteiger partial charge in [-0.3, -0.25) is 4.79 Å². The Morgan fingerprint density at radius 2 is 2.13 bits per heavy atom. The van der Waals surface area contributed by atoms with Gasteiger partial charge in [0.05, 0.1) is 30.4 Å². The van der Waals surface area contributed by atoms with Crippen LogP contribution >= 0.6 is 0 Å². The molecule has 0 N–H and O–H groups in total. The predicted molar refractivity (Wildman–Crippen MR) is 81.7 cm³/mol. The summed E-state index contributed by atoms with van der Waals surface area (Å²) < 4.78 is 10.5. The molecule has 2 atom stereocenters. The number of hydrogen-bond acceptors (Lipinski definition) is 5. The van der Waals surface area contributed by atoms with Gasteiger partial charge in [0, 0.05) is 18.5 Å². The molecule has 7 nitrogen and oxygen atoms in total. The lowest BCUT2D eigenvalue weighted by Crippen LogP contribution is -2.40. The molecule has 2 fully saturated rings. The van der Waals surface area contributed by atoms with Crippen LogP contribution in [0, 0.1) is 13.8 Å². The largest absolute Gasteiger partial charge is 0.447 e. The smallest absolute Gasteiger partial charge is 0.410 e. The molecule has 2 amide bonds. The maximum Gasteiger partial charge on any atom is 0.410 e. The number of fused-ring (bicyclic) bond motifs is 1. The Hall–Kier alpha value is -2.05. The van der Waals surface area contributed by atoms with Gasteiger partial charge in [-0.05, 0) is 34.1 Å². The second kappa shape index (κ2) is 5.86. The maximum absolute atomic E-state index is 12.4. The fraction of sp³-hybridized carbons (Fsp3) is 0.688. The highest BCUT2D eigenvalue weighted by Gasteiger charge is 2.49. The molecule has 0 aromatic carbocycles. The Morgan fingerprint density at radius 3 is 2.74 bits per heavy atom. The minimum absolute atomic E-state index is 0.0518. The van der Waals surface area contributed by atoms with Crippen molar-refractivity contribution in [3.63, 3.8) is 0 Å². The Balaban J connectivity index is 1.74. The molecule has 3 rings (SSSR count). The van der Waals surface area contributed by atoms with E-state index in [-0.39, 0.29) is 30.2 Å². The van der Waals surface area contributed by atoms with Crippen LogP contribution in [0.2, 0.25) is 0 Å². The lowest BCUT2D eigenvalue weighted by atomic mass is 10.1. The molecule has 7 heteroatoms. The fourth-order valence-electron chi connectivity index (χ4n) is 3.53. The van der Waals surface area contributed by atoms with Crippen molar-refractivity contribution >= 4 is 12.0 Å². The molecule has 0 radical (unpaired) electrons. The van der Waals surface area contributed by atoms with Gasteiger partial charge in [0.15, 0.2) is 0 Å². The fourth-order valence-corrected chi connectivity index (χ4v) is 3.53. The molecular formula is C16H23N3O4. The third-order valence-electron chi connectivity index (χ3n) is 4.70. The highest BCUT2D eigenvalue weighted by Crippen LogP contribution is 2.34. The van der Waals surface area contributed by atoms with Gasteiger partial charge in [-0.25, -0.2) is 4.79 Å². The van der Waals surface area contributed by atoms with E-state index in [1.807, 2.05) is 32.6 Å². The van der Waals surface area contributed by atoms with Crippen molar-refractivity contribution in [3.8, 4) is 0 Å². The number of carbonyl (C=O) groups is 2. The van der Waals surface area contributed by atoms with Crippen molar-refractivity contribution in [1.82, 2.24) is 15.0 Å². The van der Waals surface area contributed by atoms with Crippen molar-refractivity contribution in [2.24, 2.45) is 0 Å². The summed E-state index contributed by atoms with van der Waals surface area (Å²) in [6.07, 6.45) is 0.672. The molecule has 0 aliphatic carbocycles. The number of hydrogen-bond donors (Lipinski definition) is 0. The molecule has 0 unspecified atom stereocenters. The first-order chi connectivity index (χ1) is 10.9. The molecule has 23 heavy (non-hydrogen) atoms. The first-order valence-electron chi connectivity index (χ1n) is 8.07. The van der Waals surface area contributed by atoms with Gasteiger partial charge in [-0.15, -0.1) is 0 Å². The summed E-state index contributed by atoms with van der Waals surface area (Å²) in [5.74, 6) is 0.815. The van der Waals surface area contributed by atoms with Crippen LogP contribution < -0.4 is 0 Å². The van der Waals surface area contributed by atoms with E-state index in [9.17, 15) is 9.59 Å². The summed E-state index contributed by atoms with van der Waals surface area (Å²) >= 11 is 0. The third kappa shape index (κ3) is 2.80. The predicted octanol–water partition coefficient (Wildman–Crippen LogP) is 2.01.